The van der Waals surface area contributed by atoms with Crippen molar-refractivity contribution in [1.29, 1.82) is 0 Å². The van der Waals surface area contributed by atoms with E-state index in [1.807, 2.05) is 0 Å². The maximum absolute atomic E-state index is 11.8. The number of carboxylic acids is 2. The number of carbonyl (C=O) groups excluding carboxylic acids is 2. The zero-order valence-electron chi connectivity index (χ0n) is 18.2. The molecule has 7 N–H and O–H groups in total. The van der Waals surface area contributed by atoms with Crippen LogP contribution in [0.25, 0.3) is 33.5 Å². The van der Waals surface area contributed by atoms with Crippen molar-refractivity contribution in [2.24, 2.45) is 5.73 Å². The second kappa shape index (κ2) is 9.40. The molecule has 36 heavy (non-hydrogen) atoms. The molecule has 0 radical (unpaired) electrons. The molecule has 4 rings (SSSR count). The van der Waals surface area contributed by atoms with Gasteiger partial charge in [-0.25, -0.2) is 4.98 Å². The molecule has 0 aliphatic rings. The molecule has 0 aliphatic heterocycles. The van der Waals surface area contributed by atoms with Crippen LogP contribution in [-0.2, 0) is 9.59 Å². The molecule has 4 aromatic rings. The van der Waals surface area contributed by atoms with Crippen LogP contribution in [0.2, 0.25) is 10.0 Å². The number of carboxylic acid groups (broad SMARTS) is 2. The molecule has 0 aliphatic carbocycles. The molecule has 1 unspecified atom stereocenters. The number of fused-ring (bicyclic) bond motifs is 1. The van der Waals surface area contributed by atoms with E-state index in [-0.39, 0.29) is 44.0 Å². The van der Waals surface area contributed by atoms with Gasteiger partial charge >= 0.3 is 0 Å². The van der Waals surface area contributed by atoms with Gasteiger partial charge < -0.3 is 35.0 Å². The van der Waals surface area contributed by atoms with Crippen LogP contribution in [0.1, 0.15) is 23.5 Å². The summed E-state index contributed by atoms with van der Waals surface area (Å²) in [7, 11) is 0. The highest BCUT2D eigenvalue weighted by atomic mass is 35.5. The van der Waals surface area contributed by atoms with Crippen molar-refractivity contribution in [2.45, 2.75) is 12.3 Å². The van der Waals surface area contributed by atoms with Crippen LogP contribution in [0, 0.1) is 0 Å². The lowest BCUT2D eigenvalue weighted by Crippen LogP contribution is -2.46. The number of hydrogen-bond acceptors (Lipinski definition) is 7. The Morgan fingerprint density at radius 2 is 1.78 bits per heavy atom. The number of nitrogens with zero attached hydrogens (tertiary/aromatic N) is 1. The Balaban J connectivity index is 2.02. The van der Waals surface area contributed by atoms with Crippen LogP contribution in [0.4, 0.5) is 0 Å². The Kier molecular flexibility index (Phi) is 6.49. The quantitative estimate of drug-likeness (QED) is 0.164. The number of phenolic OH excluding ortho intramolecular Hbond substituents is 2. The smallest absolute Gasteiger partial charge is 0.270 e. The molecular formula is C24H17Cl2N4O6-. The third kappa shape index (κ3) is 4.64. The first-order valence-corrected chi connectivity index (χ1v) is 11.1. The number of imidazole rings is 1. The number of aromatic nitrogens is 2. The fraction of sp³-hybridized carbons (Fsp3) is 0.0833. The van der Waals surface area contributed by atoms with Gasteiger partial charge in [-0.05, 0) is 54.4 Å². The molecule has 0 saturated heterocycles. The second-order valence-electron chi connectivity index (χ2n) is 7.97. The normalized spacial score (nSPS) is 11.9. The molecule has 0 bridgehead atoms. The highest BCUT2D eigenvalue weighted by molar-refractivity contribution is 6.37. The van der Waals surface area contributed by atoms with Crippen molar-refractivity contribution in [3.63, 3.8) is 0 Å². The molecule has 1 heterocycles. The van der Waals surface area contributed by atoms with E-state index in [1.54, 1.807) is 18.2 Å². The highest BCUT2D eigenvalue weighted by Crippen LogP contribution is 2.47. The van der Waals surface area contributed by atoms with E-state index in [2.05, 4.69) is 9.97 Å². The fourth-order valence-electron chi connectivity index (χ4n) is 3.88. The van der Waals surface area contributed by atoms with Crippen molar-refractivity contribution < 1.29 is 35.4 Å². The van der Waals surface area contributed by atoms with Gasteiger partial charge in [0.15, 0.2) is 0 Å². The molecule has 0 amide bonds. The van der Waals surface area contributed by atoms with Gasteiger partial charge in [0, 0.05) is 34.0 Å². The van der Waals surface area contributed by atoms with Crippen molar-refractivity contribution in [3.8, 4) is 34.0 Å². The van der Waals surface area contributed by atoms with Crippen LogP contribution in [0.15, 0.2) is 42.5 Å². The van der Waals surface area contributed by atoms with Gasteiger partial charge in [0.25, 0.3) is 5.84 Å². The summed E-state index contributed by atoms with van der Waals surface area (Å²) in [5.74, 6) is -5.60. The lowest BCUT2D eigenvalue weighted by Gasteiger charge is -2.22. The van der Waals surface area contributed by atoms with Crippen molar-refractivity contribution in [2.75, 3.05) is 0 Å². The molecule has 10 nitrogen and oxygen atoms in total. The summed E-state index contributed by atoms with van der Waals surface area (Å²) < 4.78 is 0. The number of nitrogens with two attached hydrogens (primary N) is 2. The van der Waals surface area contributed by atoms with E-state index in [9.17, 15) is 30.0 Å². The van der Waals surface area contributed by atoms with Gasteiger partial charge in [-0.2, -0.15) is 0 Å². The number of aliphatic carboxylic acids is 2. The number of aromatic amines is 1. The molecule has 12 heteroatoms. The Hall–Kier alpha value is -4.28. The van der Waals surface area contributed by atoms with Gasteiger partial charge in [-0.1, -0.05) is 23.2 Å². The lowest BCUT2D eigenvalue weighted by molar-refractivity contribution is -0.317. The average molecular weight is 528 g/mol. The van der Waals surface area contributed by atoms with Crippen LogP contribution in [-0.4, -0.2) is 38.0 Å². The largest absolute Gasteiger partial charge is 0.550 e. The predicted molar refractivity (Wildman–Crippen MR) is 128 cm³/mol. The van der Waals surface area contributed by atoms with E-state index in [0.717, 1.165) is 0 Å². The number of amidine groups is 1. The van der Waals surface area contributed by atoms with Crippen molar-refractivity contribution in [1.82, 2.24) is 9.97 Å². The fourth-order valence-corrected chi connectivity index (χ4v) is 4.46. The summed E-state index contributed by atoms with van der Waals surface area (Å²) in [6, 6.07) is 9.86. The number of aromatic hydroxyl groups is 2. The highest BCUT2D eigenvalue weighted by Gasteiger charge is 2.24. The summed E-state index contributed by atoms with van der Waals surface area (Å²) in [6.45, 7) is 0. The monoisotopic (exact) mass is 527 g/mol. The molecule has 0 saturated carbocycles. The van der Waals surface area contributed by atoms with Crippen LogP contribution in [0.5, 0.6) is 11.5 Å². The van der Waals surface area contributed by atoms with Gasteiger partial charge in [0.05, 0.1) is 27.2 Å². The van der Waals surface area contributed by atoms with Gasteiger partial charge in [0.2, 0.25) is 0 Å². The third-order valence-electron chi connectivity index (χ3n) is 5.56. The Bertz CT molecular complexity index is 1540. The van der Waals surface area contributed by atoms with Crippen LogP contribution < -0.4 is 21.4 Å². The minimum atomic E-state index is -1.68. The summed E-state index contributed by atoms with van der Waals surface area (Å²) >= 11 is 12.2. The number of halogens is 2. The van der Waals surface area contributed by atoms with E-state index in [4.69, 9.17) is 34.3 Å². The number of nitrogens with one attached hydrogen (secondary N) is 1. The summed E-state index contributed by atoms with van der Waals surface area (Å²) in [6.07, 6.45) is -0.901. The maximum atomic E-state index is 11.8. The SMILES string of the molecule is NC(=[NH2+])c1ccc2nc(-c3cc(C(CC(=O)[O-])C(=O)[O-])cc(-c4c(O)cc(Cl)cc4Cl)c3O)[nH]c2c1. The summed E-state index contributed by atoms with van der Waals surface area (Å²) in [5.41, 5.74) is 6.94. The van der Waals surface area contributed by atoms with E-state index in [1.165, 1.54) is 24.3 Å². The second-order valence-corrected chi connectivity index (χ2v) is 8.81. The van der Waals surface area contributed by atoms with Gasteiger partial charge in [-0.3, -0.25) is 11.1 Å². The molecule has 184 valence electrons. The first-order chi connectivity index (χ1) is 17.0. The maximum Gasteiger partial charge on any atom is 0.270 e. The standard InChI is InChI=1S/C24H18Cl2N4O6/c25-11-6-15(26)20(18(31)7-11)13-3-10(12(24(35)36)8-19(32)33)4-14(21(13)34)23-29-16-2-1-9(22(27)28)5-17(16)30-23/h1-7,12,31,34H,8H2,(H3,27,28)(H,29,30)(H,32,33)(H,35,36)/p-1. The number of hydrogen-bond donors (Lipinski definition) is 5. The Labute approximate surface area is 213 Å². The Morgan fingerprint density at radius 1 is 1.08 bits per heavy atom. The van der Waals surface area contributed by atoms with Crippen LogP contribution >= 0.6 is 23.2 Å². The number of phenols is 2. The molecule has 3 aromatic carbocycles. The number of carbonyl (C=O) groups is 2. The zero-order chi connectivity index (χ0) is 26.3. The number of H-pyrrole nitrogens is 1. The van der Waals surface area contributed by atoms with Crippen LogP contribution in [0.3, 0.4) is 0 Å². The van der Waals surface area contributed by atoms with Gasteiger partial charge in [0.1, 0.15) is 17.3 Å². The topological polar surface area (TPSA) is 201 Å². The van der Waals surface area contributed by atoms with E-state index < -0.39 is 35.8 Å². The predicted octanol–water partition coefficient (Wildman–Crippen LogP) is 0.0528. The lowest BCUT2D eigenvalue weighted by atomic mass is 9.89. The van der Waals surface area contributed by atoms with E-state index in [0.29, 0.717) is 16.6 Å². The third-order valence-corrected chi connectivity index (χ3v) is 6.08. The summed E-state index contributed by atoms with van der Waals surface area (Å²) in [4.78, 5) is 30.5. The van der Waals surface area contributed by atoms with Gasteiger partial charge in [-0.15, -0.1) is 0 Å². The average Bonchev–Trinajstić information content (AvgIpc) is 3.20. The minimum absolute atomic E-state index is 0.0000328. The van der Waals surface area contributed by atoms with Crippen molar-refractivity contribution in [3.05, 3.63) is 63.6 Å². The molecular weight excluding hydrogens is 511 g/mol. The molecule has 0 spiro atoms. The molecule has 1 atom stereocenters. The number of benzene rings is 3. The zero-order valence-corrected chi connectivity index (χ0v) is 19.7. The minimum Gasteiger partial charge on any atom is -0.550 e. The summed E-state index contributed by atoms with van der Waals surface area (Å²) in [5, 5.41) is 50.5. The first-order valence-electron chi connectivity index (χ1n) is 10.3. The Morgan fingerprint density at radius 3 is 2.39 bits per heavy atom. The molecule has 1 aromatic heterocycles. The van der Waals surface area contributed by atoms with Crippen molar-refractivity contribution >= 4 is 52.0 Å². The first kappa shape index (κ1) is 24.8. The van der Waals surface area contributed by atoms with E-state index >= 15 is 0 Å². The molecule has 0 fully saturated rings. The number of rotatable bonds is 7.